The van der Waals surface area contributed by atoms with Gasteiger partial charge < -0.3 is 10.1 Å². The molecule has 0 fully saturated rings. The molecule has 0 saturated heterocycles. The zero-order chi connectivity index (χ0) is 13.0. The number of rotatable bonds is 4. The van der Waals surface area contributed by atoms with Gasteiger partial charge in [-0.3, -0.25) is 0 Å². The standard InChI is InChI=1S/C12H11BrClN3O/c1-18-7-8-3-2-4-9(5-8)16-11-10(13)6-15-12(14)17-11/h2-6H,7H2,1H3,(H,15,16,17). The van der Waals surface area contributed by atoms with Crippen LogP contribution in [0, 0.1) is 0 Å². The number of benzene rings is 1. The second-order valence-electron chi connectivity index (χ2n) is 3.59. The SMILES string of the molecule is COCc1cccc(Nc2nc(Cl)ncc2Br)c1. The minimum atomic E-state index is 0.203. The highest BCUT2D eigenvalue weighted by molar-refractivity contribution is 9.10. The first-order valence-corrected chi connectivity index (χ1v) is 6.39. The van der Waals surface area contributed by atoms with Gasteiger partial charge in [0.2, 0.25) is 5.28 Å². The first-order chi connectivity index (χ1) is 8.69. The summed E-state index contributed by atoms with van der Waals surface area (Å²) in [6.07, 6.45) is 1.61. The van der Waals surface area contributed by atoms with Crippen molar-refractivity contribution in [2.45, 2.75) is 6.61 Å². The molecule has 1 N–H and O–H groups in total. The van der Waals surface area contributed by atoms with Gasteiger partial charge in [0, 0.05) is 19.0 Å². The maximum Gasteiger partial charge on any atom is 0.224 e. The van der Waals surface area contributed by atoms with Crippen molar-refractivity contribution in [2.75, 3.05) is 12.4 Å². The van der Waals surface area contributed by atoms with E-state index in [1.54, 1.807) is 13.3 Å². The fourth-order valence-corrected chi connectivity index (χ4v) is 1.90. The summed E-state index contributed by atoms with van der Waals surface area (Å²) in [6.45, 7) is 0.571. The van der Waals surface area contributed by atoms with Crippen LogP contribution in [0.1, 0.15) is 5.56 Å². The topological polar surface area (TPSA) is 47.0 Å². The van der Waals surface area contributed by atoms with Crippen molar-refractivity contribution in [3.05, 3.63) is 45.8 Å². The van der Waals surface area contributed by atoms with Gasteiger partial charge in [-0.2, -0.15) is 4.98 Å². The summed E-state index contributed by atoms with van der Waals surface area (Å²) in [7, 11) is 1.67. The molecule has 0 aliphatic carbocycles. The van der Waals surface area contributed by atoms with Crippen molar-refractivity contribution >= 4 is 39.0 Å². The maximum absolute atomic E-state index is 5.76. The molecule has 2 aromatic rings. The van der Waals surface area contributed by atoms with Gasteiger partial charge in [0.25, 0.3) is 0 Å². The number of ether oxygens (including phenoxy) is 1. The van der Waals surface area contributed by atoms with Gasteiger partial charge in [0.15, 0.2) is 0 Å². The van der Waals surface area contributed by atoms with Crippen molar-refractivity contribution in [2.24, 2.45) is 0 Å². The lowest BCUT2D eigenvalue weighted by Crippen LogP contribution is -1.97. The summed E-state index contributed by atoms with van der Waals surface area (Å²) in [5.41, 5.74) is 2.00. The Kier molecular flexibility index (Phi) is 4.52. The molecule has 0 unspecified atom stereocenters. The number of methoxy groups -OCH3 is 1. The molecule has 0 radical (unpaired) electrons. The Balaban J connectivity index is 2.22. The first kappa shape index (κ1) is 13.3. The summed E-state index contributed by atoms with van der Waals surface area (Å²) < 4.78 is 5.85. The molecule has 0 spiro atoms. The quantitative estimate of drug-likeness (QED) is 0.868. The van der Waals surface area contributed by atoms with Gasteiger partial charge in [-0.25, -0.2) is 4.98 Å². The van der Waals surface area contributed by atoms with Crippen molar-refractivity contribution in [1.82, 2.24) is 9.97 Å². The second-order valence-corrected chi connectivity index (χ2v) is 4.79. The lowest BCUT2D eigenvalue weighted by Gasteiger charge is -2.09. The van der Waals surface area contributed by atoms with Crippen LogP contribution in [0.25, 0.3) is 0 Å². The lowest BCUT2D eigenvalue weighted by molar-refractivity contribution is 0.185. The molecule has 0 aliphatic heterocycles. The third kappa shape index (κ3) is 3.41. The molecule has 0 saturated carbocycles. The van der Waals surface area contributed by atoms with E-state index in [1.165, 1.54) is 0 Å². The van der Waals surface area contributed by atoms with E-state index < -0.39 is 0 Å². The predicted molar refractivity (Wildman–Crippen MR) is 75.2 cm³/mol. The lowest BCUT2D eigenvalue weighted by atomic mass is 10.2. The highest BCUT2D eigenvalue weighted by Gasteiger charge is 2.04. The number of halogens is 2. The van der Waals surface area contributed by atoms with Crippen LogP contribution < -0.4 is 5.32 Å². The van der Waals surface area contributed by atoms with E-state index in [0.29, 0.717) is 12.4 Å². The van der Waals surface area contributed by atoms with Crippen molar-refractivity contribution in [3.8, 4) is 0 Å². The molecule has 1 aromatic carbocycles. The molecule has 6 heteroatoms. The normalized spacial score (nSPS) is 10.4. The van der Waals surface area contributed by atoms with E-state index in [1.807, 2.05) is 24.3 Å². The first-order valence-electron chi connectivity index (χ1n) is 5.22. The van der Waals surface area contributed by atoms with E-state index in [-0.39, 0.29) is 5.28 Å². The smallest absolute Gasteiger partial charge is 0.224 e. The van der Waals surface area contributed by atoms with E-state index in [0.717, 1.165) is 15.7 Å². The summed E-state index contributed by atoms with van der Waals surface area (Å²) in [5.74, 6) is 0.629. The molecule has 94 valence electrons. The zero-order valence-corrected chi connectivity index (χ0v) is 12.0. The van der Waals surface area contributed by atoms with Gasteiger partial charge in [-0.05, 0) is 45.2 Å². The highest BCUT2D eigenvalue weighted by Crippen LogP contribution is 2.24. The molecular formula is C12H11BrClN3O. The van der Waals surface area contributed by atoms with Crippen LogP contribution in [-0.4, -0.2) is 17.1 Å². The van der Waals surface area contributed by atoms with Crippen LogP contribution in [-0.2, 0) is 11.3 Å². The monoisotopic (exact) mass is 327 g/mol. The molecule has 0 bridgehead atoms. The molecule has 1 aromatic heterocycles. The fraction of sp³-hybridized carbons (Fsp3) is 0.167. The minimum Gasteiger partial charge on any atom is -0.380 e. The Morgan fingerprint density at radius 3 is 3.06 bits per heavy atom. The van der Waals surface area contributed by atoms with Crippen LogP contribution in [0.4, 0.5) is 11.5 Å². The Hall–Kier alpha value is -1.17. The van der Waals surface area contributed by atoms with Gasteiger partial charge in [0.1, 0.15) is 5.82 Å². The molecule has 0 amide bonds. The minimum absolute atomic E-state index is 0.203. The van der Waals surface area contributed by atoms with Crippen LogP contribution in [0.15, 0.2) is 34.9 Å². The van der Waals surface area contributed by atoms with Crippen molar-refractivity contribution < 1.29 is 4.74 Å². The van der Waals surface area contributed by atoms with Gasteiger partial charge in [0.05, 0.1) is 11.1 Å². The Bertz CT molecular complexity index is 551. The van der Waals surface area contributed by atoms with Crippen LogP contribution in [0.3, 0.4) is 0 Å². The fourth-order valence-electron chi connectivity index (χ4n) is 1.48. The van der Waals surface area contributed by atoms with E-state index in [9.17, 15) is 0 Å². The van der Waals surface area contributed by atoms with Gasteiger partial charge in [-0.1, -0.05) is 12.1 Å². The second kappa shape index (κ2) is 6.13. The van der Waals surface area contributed by atoms with Crippen molar-refractivity contribution in [1.29, 1.82) is 0 Å². The number of nitrogens with zero attached hydrogens (tertiary/aromatic N) is 2. The zero-order valence-electron chi connectivity index (χ0n) is 9.65. The highest BCUT2D eigenvalue weighted by atomic mass is 79.9. The van der Waals surface area contributed by atoms with E-state index in [2.05, 4.69) is 31.2 Å². The van der Waals surface area contributed by atoms with Crippen molar-refractivity contribution in [3.63, 3.8) is 0 Å². The molecule has 0 aliphatic rings. The molecule has 2 rings (SSSR count). The Morgan fingerprint density at radius 1 is 1.44 bits per heavy atom. The maximum atomic E-state index is 5.76. The Labute approximate surface area is 118 Å². The summed E-state index contributed by atoms with van der Waals surface area (Å²) in [5, 5.41) is 3.38. The summed E-state index contributed by atoms with van der Waals surface area (Å²) in [6, 6.07) is 7.89. The van der Waals surface area contributed by atoms with Crippen LogP contribution in [0.2, 0.25) is 5.28 Å². The van der Waals surface area contributed by atoms with Gasteiger partial charge in [-0.15, -0.1) is 0 Å². The molecular weight excluding hydrogens is 318 g/mol. The van der Waals surface area contributed by atoms with E-state index >= 15 is 0 Å². The summed E-state index contributed by atoms with van der Waals surface area (Å²) in [4.78, 5) is 7.98. The number of anilines is 2. The number of nitrogens with one attached hydrogen (secondary N) is 1. The average Bonchev–Trinajstić information content (AvgIpc) is 2.35. The van der Waals surface area contributed by atoms with Crippen LogP contribution in [0.5, 0.6) is 0 Å². The van der Waals surface area contributed by atoms with E-state index in [4.69, 9.17) is 16.3 Å². The predicted octanol–water partition coefficient (Wildman–Crippen LogP) is 3.78. The molecule has 0 atom stereocenters. The molecule has 1 heterocycles. The van der Waals surface area contributed by atoms with Gasteiger partial charge >= 0.3 is 0 Å². The molecule has 4 nitrogen and oxygen atoms in total. The summed E-state index contributed by atoms with van der Waals surface area (Å²) >= 11 is 9.13. The Morgan fingerprint density at radius 2 is 2.28 bits per heavy atom. The third-order valence-electron chi connectivity index (χ3n) is 2.22. The number of hydrogen-bond donors (Lipinski definition) is 1. The molecule has 18 heavy (non-hydrogen) atoms. The average molecular weight is 329 g/mol. The number of aromatic nitrogens is 2. The van der Waals surface area contributed by atoms with Crippen LogP contribution >= 0.6 is 27.5 Å². The largest absolute Gasteiger partial charge is 0.380 e. The third-order valence-corrected chi connectivity index (χ3v) is 2.98. The number of hydrogen-bond acceptors (Lipinski definition) is 4.